The average molecular weight is 550 g/mol. The molecule has 1 saturated heterocycles. The van der Waals surface area contributed by atoms with E-state index in [1.54, 1.807) is 32.3 Å². The summed E-state index contributed by atoms with van der Waals surface area (Å²) < 4.78 is 16.0. The number of amides is 1. The van der Waals surface area contributed by atoms with Crippen molar-refractivity contribution in [1.29, 1.82) is 0 Å². The number of halogens is 1. The summed E-state index contributed by atoms with van der Waals surface area (Å²) in [4.78, 5) is 31.2. The highest BCUT2D eigenvalue weighted by Crippen LogP contribution is 2.25. The van der Waals surface area contributed by atoms with Crippen molar-refractivity contribution in [3.8, 4) is 5.88 Å². The fourth-order valence-corrected chi connectivity index (χ4v) is 4.22. The normalized spacial score (nSPS) is 19.2. The monoisotopic (exact) mass is 549 g/mol. The van der Waals surface area contributed by atoms with Crippen LogP contribution in [0.2, 0.25) is 5.02 Å². The number of hydrogen-bond acceptors (Lipinski definition) is 9. The van der Waals surface area contributed by atoms with Gasteiger partial charge in [0.25, 0.3) is 5.91 Å². The van der Waals surface area contributed by atoms with Crippen LogP contribution in [0.5, 0.6) is 5.88 Å². The molecule has 1 aromatic heterocycles. The van der Waals surface area contributed by atoms with Crippen molar-refractivity contribution in [1.82, 2.24) is 20.5 Å². The van der Waals surface area contributed by atoms with Crippen LogP contribution < -0.4 is 21.1 Å². The molecule has 1 aromatic rings. The Hall–Kier alpha value is -2.92. The molecule has 10 nitrogen and oxygen atoms in total. The Morgan fingerprint density at radius 2 is 2.16 bits per heavy atom. The SMILES string of the molecule is C=C/C=C(\C=C/C(C)CNCCN1CCC(NC(=O)c2cc(Cl)c(N)nc2OC)C(OC)C1)C(=O)OCC. The summed E-state index contributed by atoms with van der Waals surface area (Å²) in [5, 5.41) is 6.68. The Balaban J connectivity index is 1.81. The van der Waals surface area contributed by atoms with E-state index in [9.17, 15) is 9.59 Å². The summed E-state index contributed by atoms with van der Waals surface area (Å²) in [5.41, 5.74) is 6.43. The molecule has 0 saturated carbocycles. The largest absolute Gasteiger partial charge is 0.480 e. The summed E-state index contributed by atoms with van der Waals surface area (Å²) >= 11 is 6.06. The summed E-state index contributed by atoms with van der Waals surface area (Å²) in [6.45, 7) is 11.7. The first-order valence-corrected chi connectivity index (χ1v) is 13.1. The van der Waals surface area contributed by atoms with E-state index in [0.717, 1.165) is 32.6 Å². The van der Waals surface area contributed by atoms with E-state index >= 15 is 0 Å². The number of pyridine rings is 1. The van der Waals surface area contributed by atoms with E-state index in [4.69, 9.17) is 31.5 Å². The molecule has 0 spiro atoms. The molecule has 1 fully saturated rings. The minimum atomic E-state index is -0.357. The maximum Gasteiger partial charge on any atom is 0.338 e. The number of hydrogen-bond donors (Lipinski definition) is 3. The number of rotatable bonds is 14. The maximum absolute atomic E-state index is 12.9. The number of nitrogens with one attached hydrogen (secondary N) is 2. The quantitative estimate of drug-likeness (QED) is 0.139. The third kappa shape index (κ3) is 9.43. The van der Waals surface area contributed by atoms with Crippen LogP contribution >= 0.6 is 11.6 Å². The second-order valence-corrected chi connectivity index (χ2v) is 9.38. The highest BCUT2D eigenvalue weighted by Gasteiger charge is 2.31. The fraction of sp³-hybridized carbons (Fsp3) is 0.519. The number of nitrogens with zero attached hydrogens (tertiary/aromatic N) is 2. The Bertz CT molecular complexity index is 1020. The van der Waals surface area contributed by atoms with Gasteiger partial charge in [0, 0.05) is 39.8 Å². The van der Waals surface area contributed by atoms with Gasteiger partial charge < -0.3 is 30.6 Å². The Kier molecular flexibility index (Phi) is 13.3. The standard InChI is InChI=1S/C27H40ClN5O5/c1-6-8-19(27(35)38-7-2)10-9-18(3)16-30-12-14-33-13-11-22(23(17-33)36-4)31-25(34)20-15-21(28)24(29)32-26(20)37-5/h6,8-10,15,18,22-23,30H,1,7,11-14,16-17H2,2-5H3,(H2,29,32)(H,31,34)/b10-9-,19-8+. The van der Waals surface area contributed by atoms with Crippen LogP contribution in [0.25, 0.3) is 0 Å². The molecule has 4 N–H and O–H groups in total. The first-order chi connectivity index (χ1) is 18.2. The Morgan fingerprint density at radius 1 is 1.39 bits per heavy atom. The zero-order valence-corrected chi connectivity index (χ0v) is 23.4. The lowest BCUT2D eigenvalue weighted by Crippen LogP contribution is -2.55. The molecule has 0 aromatic carbocycles. The Labute approximate surface area is 230 Å². The molecule has 1 aliphatic heterocycles. The molecule has 210 valence electrons. The molecule has 1 aliphatic rings. The van der Waals surface area contributed by atoms with Crippen LogP contribution in [-0.4, -0.2) is 87.5 Å². The second kappa shape index (κ2) is 16.1. The van der Waals surface area contributed by atoms with E-state index in [1.165, 1.54) is 13.2 Å². The number of esters is 1. The number of aromatic nitrogens is 1. The van der Waals surface area contributed by atoms with Crippen molar-refractivity contribution in [2.75, 3.05) is 59.3 Å². The van der Waals surface area contributed by atoms with Crippen LogP contribution in [-0.2, 0) is 14.3 Å². The van der Waals surface area contributed by atoms with Crippen molar-refractivity contribution in [3.05, 3.63) is 53.1 Å². The van der Waals surface area contributed by atoms with Gasteiger partial charge in [-0.1, -0.05) is 43.3 Å². The predicted molar refractivity (Wildman–Crippen MR) is 149 cm³/mol. The second-order valence-electron chi connectivity index (χ2n) is 8.97. The van der Waals surface area contributed by atoms with Gasteiger partial charge in [-0.2, -0.15) is 4.98 Å². The summed E-state index contributed by atoms with van der Waals surface area (Å²) in [6.07, 6.45) is 7.53. The number of carbonyl (C=O) groups excluding carboxylic acids is 2. The van der Waals surface area contributed by atoms with Gasteiger partial charge in [-0.05, 0) is 31.4 Å². The van der Waals surface area contributed by atoms with Crippen molar-refractivity contribution in [3.63, 3.8) is 0 Å². The number of likely N-dealkylation sites (tertiary alicyclic amines) is 1. The molecule has 3 atom stereocenters. The zero-order chi connectivity index (χ0) is 28.1. The van der Waals surface area contributed by atoms with Gasteiger partial charge in [-0.25, -0.2) is 4.79 Å². The van der Waals surface area contributed by atoms with E-state index in [0.29, 0.717) is 18.7 Å². The van der Waals surface area contributed by atoms with Crippen LogP contribution in [0.3, 0.4) is 0 Å². The number of carbonyl (C=O) groups is 2. The molecule has 3 unspecified atom stereocenters. The number of methoxy groups -OCH3 is 2. The van der Waals surface area contributed by atoms with Gasteiger partial charge >= 0.3 is 5.97 Å². The first-order valence-electron chi connectivity index (χ1n) is 12.7. The highest BCUT2D eigenvalue weighted by molar-refractivity contribution is 6.33. The lowest BCUT2D eigenvalue weighted by molar-refractivity contribution is -0.138. The van der Waals surface area contributed by atoms with Gasteiger partial charge in [0.2, 0.25) is 5.88 Å². The third-order valence-electron chi connectivity index (χ3n) is 6.15. The third-order valence-corrected chi connectivity index (χ3v) is 6.46. The topological polar surface area (TPSA) is 128 Å². The lowest BCUT2D eigenvalue weighted by atomic mass is 10.0. The predicted octanol–water partition coefficient (Wildman–Crippen LogP) is 2.60. The average Bonchev–Trinajstić information content (AvgIpc) is 2.90. The first kappa shape index (κ1) is 31.3. The highest BCUT2D eigenvalue weighted by atomic mass is 35.5. The molecular weight excluding hydrogens is 510 g/mol. The van der Waals surface area contributed by atoms with Gasteiger partial charge in [0.05, 0.1) is 36.5 Å². The van der Waals surface area contributed by atoms with Gasteiger partial charge in [-0.3, -0.25) is 9.69 Å². The van der Waals surface area contributed by atoms with Crippen LogP contribution in [0.1, 0.15) is 30.6 Å². The molecule has 1 amide bonds. The van der Waals surface area contributed by atoms with Crippen LogP contribution in [0.4, 0.5) is 5.82 Å². The number of nitrogen functional groups attached to an aromatic ring is 1. The minimum Gasteiger partial charge on any atom is -0.480 e. The van der Waals surface area contributed by atoms with Crippen molar-refractivity contribution < 1.29 is 23.8 Å². The summed E-state index contributed by atoms with van der Waals surface area (Å²) in [5.74, 6) is -0.245. The van der Waals surface area contributed by atoms with E-state index < -0.39 is 0 Å². The molecule has 38 heavy (non-hydrogen) atoms. The Morgan fingerprint density at radius 3 is 2.82 bits per heavy atom. The van der Waals surface area contributed by atoms with Crippen LogP contribution in [0, 0.1) is 5.92 Å². The molecule has 11 heteroatoms. The van der Waals surface area contributed by atoms with Gasteiger partial charge in [-0.15, -0.1) is 0 Å². The summed E-state index contributed by atoms with van der Waals surface area (Å²) in [6, 6.07) is 1.30. The zero-order valence-electron chi connectivity index (χ0n) is 22.7. The molecule has 0 radical (unpaired) electrons. The van der Waals surface area contributed by atoms with E-state index in [-0.39, 0.29) is 52.2 Å². The van der Waals surface area contributed by atoms with Crippen molar-refractivity contribution >= 4 is 29.3 Å². The molecule has 2 rings (SSSR count). The summed E-state index contributed by atoms with van der Waals surface area (Å²) in [7, 11) is 3.07. The van der Waals surface area contributed by atoms with Gasteiger partial charge in [0.15, 0.2) is 0 Å². The number of nitrogens with two attached hydrogens (primary N) is 1. The van der Waals surface area contributed by atoms with E-state index in [2.05, 4.69) is 34.0 Å². The van der Waals surface area contributed by atoms with Crippen molar-refractivity contribution in [2.45, 2.75) is 32.4 Å². The number of allylic oxidation sites excluding steroid dienone is 2. The number of anilines is 1. The van der Waals surface area contributed by atoms with E-state index in [1.807, 2.05) is 6.08 Å². The van der Waals surface area contributed by atoms with Gasteiger partial charge in [0.1, 0.15) is 11.4 Å². The smallest absolute Gasteiger partial charge is 0.338 e. The molecular formula is C27H40ClN5O5. The maximum atomic E-state index is 12.9. The van der Waals surface area contributed by atoms with Crippen molar-refractivity contribution in [2.24, 2.45) is 5.92 Å². The lowest BCUT2D eigenvalue weighted by Gasteiger charge is -2.38. The molecule has 0 bridgehead atoms. The minimum absolute atomic E-state index is 0.105. The number of piperidine rings is 1. The number of ether oxygens (including phenoxy) is 3. The fourth-order valence-electron chi connectivity index (χ4n) is 4.07. The molecule has 2 heterocycles. The molecule has 0 aliphatic carbocycles. The van der Waals surface area contributed by atoms with Crippen LogP contribution in [0.15, 0.2) is 42.5 Å².